The number of piperidine rings is 1. The topological polar surface area (TPSA) is 80.5 Å². The summed E-state index contributed by atoms with van der Waals surface area (Å²) >= 11 is 7.54. The Morgan fingerprint density at radius 2 is 1.93 bits per heavy atom. The Morgan fingerprint density at radius 3 is 2.63 bits per heavy atom. The molecule has 2 aliphatic rings. The number of nitrogens with one attached hydrogen (secondary N) is 1. The lowest BCUT2D eigenvalue weighted by atomic mass is 9.96. The first-order chi connectivity index (χ1) is 14.5. The van der Waals surface area contributed by atoms with Crippen molar-refractivity contribution < 1.29 is 9.53 Å². The van der Waals surface area contributed by atoms with Gasteiger partial charge in [-0.3, -0.25) is 4.90 Å². The maximum absolute atomic E-state index is 11.2. The smallest absolute Gasteiger partial charge is 0.312 e. The average Bonchev–Trinajstić information content (AvgIpc) is 3.19. The van der Waals surface area contributed by atoms with Crippen LogP contribution in [-0.4, -0.2) is 34.0 Å². The van der Waals surface area contributed by atoms with Crippen molar-refractivity contribution in [2.75, 3.05) is 0 Å². The van der Waals surface area contributed by atoms with E-state index in [1.54, 1.807) is 0 Å². The van der Waals surface area contributed by atoms with Crippen molar-refractivity contribution in [2.24, 2.45) is 5.73 Å². The lowest BCUT2D eigenvalue weighted by Gasteiger charge is -2.39. The second kappa shape index (κ2) is 8.06. The first-order valence-corrected chi connectivity index (χ1v) is 11.4. The molecule has 8 heteroatoms. The number of aromatic nitrogens is 1. The van der Waals surface area contributed by atoms with Gasteiger partial charge in [-0.1, -0.05) is 35.1 Å². The summed E-state index contributed by atoms with van der Waals surface area (Å²) in [7, 11) is 0. The van der Waals surface area contributed by atoms with Crippen LogP contribution in [0.3, 0.4) is 0 Å². The van der Waals surface area contributed by atoms with E-state index in [0.29, 0.717) is 22.3 Å². The van der Waals surface area contributed by atoms with Gasteiger partial charge < -0.3 is 15.8 Å². The summed E-state index contributed by atoms with van der Waals surface area (Å²) in [4.78, 5) is 18.3. The fourth-order valence-electron chi connectivity index (χ4n) is 4.75. The summed E-state index contributed by atoms with van der Waals surface area (Å²) in [5.74, 6) is 0.774. The first kappa shape index (κ1) is 19.6. The molecule has 2 aliphatic heterocycles. The van der Waals surface area contributed by atoms with E-state index in [2.05, 4.69) is 27.3 Å². The molecule has 0 aliphatic carbocycles. The second-order valence-corrected chi connectivity index (χ2v) is 9.50. The molecular weight excluding hydrogens is 420 g/mol. The van der Waals surface area contributed by atoms with Gasteiger partial charge in [-0.2, -0.15) is 0 Å². The van der Waals surface area contributed by atoms with E-state index >= 15 is 0 Å². The van der Waals surface area contributed by atoms with Crippen molar-refractivity contribution in [3.05, 3.63) is 53.1 Å². The van der Waals surface area contributed by atoms with Gasteiger partial charge >= 0.3 is 6.03 Å². The van der Waals surface area contributed by atoms with Crippen LogP contribution in [0.5, 0.6) is 10.9 Å². The van der Waals surface area contributed by atoms with Gasteiger partial charge in [0, 0.05) is 29.7 Å². The SMILES string of the molecule is NC(=O)NC1CC2CCC(C1)N2Cc1ccc(Oc2nc3cc(Cl)ccc3s2)cc1. The predicted molar refractivity (Wildman–Crippen MR) is 119 cm³/mol. The molecule has 2 fully saturated rings. The van der Waals surface area contributed by atoms with E-state index < -0.39 is 6.03 Å². The van der Waals surface area contributed by atoms with Crippen molar-refractivity contribution >= 4 is 39.2 Å². The van der Waals surface area contributed by atoms with Crippen LogP contribution in [0.1, 0.15) is 31.2 Å². The van der Waals surface area contributed by atoms with Crippen LogP contribution in [0.2, 0.25) is 5.02 Å². The lowest BCUT2D eigenvalue weighted by molar-refractivity contribution is 0.112. The Labute approximate surface area is 184 Å². The molecule has 1 aromatic heterocycles. The number of carbonyl (C=O) groups is 1. The molecular formula is C22H23ClN4O2S. The molecule has 2 amide bonds. The largest absolute Gasteiger partial charge is 0.431 e. The highest BCUT2D eigenvalue weighted by Crippen LogP contribution is 2.37. The zero-order valence-corrected chi connectivity index (χ0v) is 18.0. The van der Waals surface area contributed by atoms with Gasteiger partial charge in [0.15, 0.2) is 0 Å². The number of carbonyl (C=O) groups excluding carboxylic acids is 1. The monoisotopic (exact) mass is 442 g/mol. The van der Waals surface area contributed by atoms with Crippen molar-refractivity contribution in [3.8, 4) is 10.9 Å². The van der Waals surface area contributed by atoms with Crippen LogP contribution in [0, 0.1) is 0 Å². The first-order valence-electron chi connectivity index (χ1n) is 10.2. The van der Waals surface area contributed by atoms with E-state index in [0.717, 1.165) is 35.4 Å². The lowest BCUT2D eigenvalue weighted by Crippen LogP contribution is -2.51. The van der Waals surface area contributed by atoms with Crippen molar-refractivity contribution in [2.45, 2.75) is 50.4 Å². The minimum absolute atomic E-state index is 0.204. The summed E-state index contributed by atoms with van der Waals surface area (Å²) in [6.07, 6.45) is 4.32. The highest BCUT2D eigenvalue weighted by molar-refractivity contribution is 7.20. The number of amides is 2. The van der Waals surface area contributed by atoms with Gasteiger partial charge in [0.25, 0.3) is 5.19 Å². The molecule has 156 valence electrons. The molecule has 5 rings (SSSR count). The molecule has 6 nitrogen and oxygen atoms in total. The molecule has 2 atom stereocenters. The number of hydrogen-bond acceptors (Lipinski definition) is 5. The van der Waals surface area contributed by atoms with Gasteiger partial charge in [-0.05, 0) is 61.6 Å². The highest BCUT2D eigenvalue weighted by atomic mass is 35.5. The molecule has 3 heterocycles. The van der Waals surface area contributed by atoms with Crippen molar-refractivity contribution in [1.82, 2.24) is 15.2 Å². The summed E-state index contributed by atoms with van der Waals surface area (Å²) in [6.45, 7) is 0.915. The Hall–Kier alpha value is -2.35. The molecule has 2 saturated heterocycles. The Balaban J connectivity index is 1.23. The summed E-state index contributed by atoms with van der Waals surface area (Å²) in [5.41, 5.74) is 7.42. The number of nitrogens with zero attached hydrogens (tertiary/aromatic N) is 2. The van der Waals surface area contributed by atoms with Gasteiger partial charge in [-0.15, -0.1) is 0 Å². The normalized spacial score (nSPS) is 23.6. The maximum Gasteiger partial charge on any atom is 0.312 e. The van der Waals surface area contributed by atoms with E-state index in [9.17, 15) is 4.79 Å². The molecule has 2 aromatic carbocycles. The highest BCUT2D eigenvalue weighted by Gasteiger charge is 2.40. The van der Waals surface area contributed by atoms with Crippen LogP contribution < -0.4 is 15.8 Å². The van der Waals surface area contributed by atoms with Crippen molar-refractivity contribution in [3.63, 3.8) is 0 Å². The number of ether oxygens (including phenoxy) is 1. The van der Waals surface area contributed by atoms with E-state index in [4.69, 9.17) is 22.1 Å². The Morgan fingerprint density at radius 1 is 1.20 bits per heavy atom. The van der Waals surface area contributed by atoms with Gasteiger partial charge in [-0.25, -0.2) is 9.78 Å². The van der Waals surface area contributed by atoms with Crippen LogP contribution in [0.4, 0.5) is 4.79 Å². The number of halogens is 1. The number of hydrogen-bond donors (Lipinski definition) is 2. The minimum atomic E-state index is -0.417. The van der Waals surface area contributed by atoms with Crippen LogP contribution in [0.25, 0.3) is 10.2 Å². The molecule has 3 N–H and O–H groups in total. The van der Waals surface area contributed by atoms with E-state index in [1.807, 2.05) is 30.3 Å². The fraction of sp³-hybridized carbons (Fsp3) is 0.364. The number of thiazole rings is 1. The van der Waals surface area contributed by atoms with Gasteiger partial charge in [0.2, 0.25) is 0 Å². The van der Waals surface area contributed by atoms with Gasteiger partial charge in [0.05, 0.1) is 10.2 Å². The fourth-order valence-corrected chi connectivity index (χ4v) is 5.73. The third-order valence-electron chi connectivity index (χ3n) is 6.05. The van der Waals surface area contributed by atoms with E-state index in [-0.39, 0.29) is 6.04 Å². The quantitative estimate of drug-likeness (QED) is 0.588. The van der Waals surface area contributed by atoms with Gasteiger partial charge in [0.1, 0.15) is 5.75 Å². The van der Waals surface area contributed by atoms with Crippen LogP contribution in [0.15, 0.2) is 42.5 Å². The number of urea groups is 1. The summed E-state index contributed by atoms with van der Waals surface area (Å²) in [5, 5.41) is 4.18. The number of rotatable bonds is 5. The number of benzene rings is 2. The third-order valence-corrected chi connectivity index (χ3v) is 7.20. The Bertz CT molecular complexity index is 1060. The summed E-state index contributed by atoms with van der Waals surface area (Å²) < 4.78 is 7.00. The number of nitrogens with two attached hydrogens (primary N) is 1. The molecule has 30 heavy (non-hydrogen) atoms. The summed E-state index contributed by atoms with van der Waals surface area (Å²) in [6, 6.07) is 14.7. The zero-order chi connectivity index (χ0) is 20.7. The average molecular weight is 443 g/mol. The molecule has 0 saturated carbocycles. The number of primary amides is 1. The standard InChI is InChI=1S/C22H23ClN4O2S/c23-14-3-8-20-19(9-14)26-22(30-20)29-18-6-1-13(2-7-18)12-27-16-4-5-17(27)11-15(10-16)25-21(24)28/h1-3,6-9,15-17H,4-5,10-12H2,(H3,24,25,28). The van der Waals surface area contributed by atoms with Crippen LogP contribution >= 0.6 is 22.9 Å². The van der Waals surface area contributed by atoms with Crippen LogP contribution in [-0.2, 0) is 6.54 Å². The molecule has 2 bridgehead atoms. The predicted octanol–water partition coefficient (Wildman–Crippen LogP) is 4.91. The second-order valence-electron chi connectivity index (χ2n) is 8.07. The molecule has 3 aromatic rings. The zero-order valence-electron chi connectivity index (χ0n) is 16.4. The molecule has 2 unspecified atom stereocenters. The molecule has 0 spiro atoms. The minimum Gasteiger partial charge on any atom is -0.431 e. The van der Waals surface area contributed by atoms with Crippen molar-refractivity contribution in [1.29, 1.82) is 0 Å². The third kappa shape index (κ3) is 4.10. The molecule has 0 radical (unpaired) electrons. The van der Waals surface area contributed by atoms with E-state index in [1.165, 1.54) is 29.7 Å². The Kier molecular flexibility index (Phi) is 5.26. The maximum atomic E-state index is 11.2. The number of fused-ring (bicyclic) bond motifs is 3.